The SMILES string of the molecule is CC[C@H](C)C(C)(C)C(CC[C@@]1(O)C[C@H](OC)C2CC(C)[C@]1(O)[C@H]2OC)[C@H](C)OC(=O)c1ccccc1NS(=O)(=O)Oc1ccccc1. The third-order valence-electron chi connectivity index (χ3n) is 11.4. The summed E-state index contributed by atoms with van der Waals surface area (Å²) in [6, 6.07) is 14.3. The fraction of sp³-hybridized carbons (Fsp3) is 0.639. The average molecular weight is 676 g/mol. The van der Waals surface area contributed by atoms with Gasteiger partial charge in [-0.15, -0.1) is 0 Å². The molecule has 3 N–H and O–H groups in total. The zero-order valence-corrected chi connectivity index (χ0v) is 29.8. The number of rotatable bonds is 15. The highest BCUT2D eigenvalue weighted by Crippen LogP contribution is 2.57. The molecule has 2 fully saturated rings. The van der Waals surface area contributed by atoms with Gasteiger partial charge in [-0.25, -0.2) is 4.79 Å². The van der Waals surface area contributed by atoms with Crippen LogP contribution in [-0.2, 0) is 24.5 Å². The molecule has 0 radical (unpaired) electrons. The monoisotopic (exact) mass is 675 g/mol. The molecule has 2 aliphatic rings. The summed E-state index contributed by atoms with van der Waals surface area (Å²) in [5.74, 6) is -0.778. The van der Waals surface area contributed by atoms with E-state index >= 15 is 0 Å². The van der Waals surface area contributed by atoms with Gasteiger partial charge in [0.25, 0.3) is 0 Å². The maximum absolute atomic E-state index is 13.7. The zero-order chi connectivity index (χ0) is 34.8. The van der Waals surface area contributed by atoms with Crippen LogP contribution in [0.25, 0.3) is 0 Å². The second-order valence-electron chi connectivity index (χ2n) is 14.2. The highest BCUT2D eigenvalue weighted by atomic mass is 32.2. The van der Waals surface area contributed by atoms with Crippen molar-refractivity contribution in [3.8, 4) is 5.75 Å². The molecule has 0 aromatic heterocycles. The van der Waals surface area contributed by atoms with E-state index in [1.807, 2.05) is 13.8 Å². The predicted molar refractivity (Wildman–Crippen MR) is 180 cm³/mol. The average Bonchev–Trinajstić information content (AvgIpc) is 3.25. The van der Waals surface area contributed by atoms with E-state index in [0.717, 1.165) is 6.42 Å². The van der Waals surface area contributed by atoms with Crippen molar-refractivity contribution in [1.82, 2.24) is 0 Å². The number of para-hydroxylation sites is 2. The molecule has 0 aliphatic heterocycles. The van der Waals surface area contributed by atoms with Gasteiger partial charge in [0, 0.05) is 32.5 Å². The van der Waals surface area contributed by atoms with Crippen LogP contribution < -0.4 is 8.91 Å². The second-order valence-corrected chi connectivity index (χ2v) is 15.5. The summed E-state index contributed by atoms with van der Waals surface area (Å²) < 4.78 is 50.9. The number of fused-ring (bicyclic) bond motifs is 2. The third-order valence-corrected chi connectivity index (χ3v) is 12.3. The Hall–Kier alpha value is -2.70. The Morgan fingerprint density at radius 3 is 2.30 bits per heavy atom. The number of carbonyl (C=O) groups is 1. The topological polar surface area (TPSA) is 141 Å². The van der Waals surface area contributed by atoms with E-state index in [9.17, 15) is 23.4 Å². The first-order valence-electron chi connectivity index (χ1n) is 16.6. The Morgan fingerprint density at radius 1 is 1.04 bits per heavy atom. The van der Waals surface area contributed by atoms with E-state index in [2.05, 4.69) is 32.4 Å². The normalized spacial score (nSPS) is 29.5. The molecule has 0 spiro atoms. The first-order chi connectivity index (χ1) is 22.0. The van der Waals surface area contributed by atoms with Gasteiger partial charge in [0.05, 0.1) is 29.1 Å². The van der Waals surface area contributed by atoms with Crippen LogP contribution in [0, 0.1) is 29.1 Å². The fourth-order valence-electron chi connectivity index (χ4n) is 8.27. The van der Waals surface area contributed by atoms with E-state index in [0.29, 0.717) is 12.8 Å². The van der Waals surface area contributed by atoms with Gasteiger partial charge in [-0.1, -0.05) is 71.4 Å². The summed E-state index contributed by atoms with van der Waals surface area (Å²) in [5.41, 5.74) is -3.21. The largest absolute Gasteiger partial charge is 0.459 e. The number of hydrogen-bond acceptors (Lipinski definition) is 9. The number of anilines is 1. The summed E-state index contributed by atoms with van der Waals surface area (Å²) in [5, 5.41) is 24.4. The molecular formula is C36H53NO9S. The quantitative estimate of drug-likeness (QED) is 0.194. The van der Waals surface area contributed by atoms with Gasteiger partial charge in [0.2, 0.25) is 0 Å². The zero-order valence-electron chi connectivity index (χ0n) is 28.9. The minimum Gasteiger partial charge on any atom is -0.459 e. The van der Waals surface area contributed by atoms with Crippen LogP contribution in [0.5, 0.6) is 5.75 Å². The van der Waals surface area contributed by atoms with Crippen molar-refractivity contribution in [1.29, 1.82) is 0 Å². The van der Waals surface area contributed by atoms with Gasteiger partial charge in [-0.05, 0) is 67.7 Å². The molecule has 2 aliphatic carbocycles. The molecule has 262 valence electrons. The van der Waals surface area contributed by atoms with Gasteiger partial charge in [-0.2, -0.15) is 8.42 Å². The van der Waals surface area contributed by atoms with E-state index < -0.39 is 39.7 Å². The van der Waals surface area contributed by atoms with Gasteiger partial charge >= 0.3 is 16.3 Å². The molecule has 0 amide bonds. The lowest BCUT2D eigenvalue weighted by Crippen LogP contribution is -2.68. The molecule has 4 rings (SSSR count). The van der Waals surface area contributed by atoms with Crippen molar-refractivity contribution >= 4 is 22.0 Å². The highest BCUT2D eigenvalue weighted by Gasteiger charge is 2.69. The summed E-state index contributed by atoms with van der Waals surface area (Å²) >= 11 is 0. The summed E-state index contributed by atoms with van der Waals surface area (Å²) in [6.07, 6.45) is 1.10. The Morgan fingerprint density at radius 2 is 1.68 bits per heavy atom. The Bertz CT molecular complexity index is 1470. The molecule has 47 heavy (non-hydrogen) atoms. The first-order valence-corrected chi connectivity index (χ1v) is 18.0. The maximum Gasteiger partial charge on any atom is 0.407 e. The van der Waals surface area contributed by atoms with E-state index in [4.69, 9.17) is 18.4 Å². The van der Waals surface area contributed by atoms with Crippen LogP contribution in [0.2, 0.25) is 0 Å². The summed E-state index contributed by atoms with van der Waals surface area (Å²) in [7, 11) is -1.11. The molecule has 2 aromatic carbocycles. The lowest BCUT2D eigenvalue weighted by Gasteiger charge is -2.53. The van der Waals surface area contributed by atoms with Crippen LogP contribution >= 0.6 is 0 Å². The van der Waals surface area contributed by atoms with Crippen molar-refractivity contribution < 1.29 is 41.8 Å². The van der Waals surface area contributed by atoms with Crippen molar-refractivity contribution in [2.75, 3.05) is 18.9 Å². The number of aliphatic hydroxyl groups is 2. The van der Waals surface area contributed by atoms with Crippen molar-refractivity contribution in [2.24, 2.45) is 29.1 Å². The Balaban J connectivity index is 1.58. The minimum absolute atomic E-state index is 0.0203. The predicted octanol–water partition coefficient (Wildman–Crippen LogP) is 5.99. The Kier molecular flexibility index (Phi) is 11.4. The number of carbonyl (C=O) groups excluding carboxylic acids is 1. The van der Waals surface area contributed by atoms with Crippen molar-refractivity contribution in [3.63, 3.8) is 0 Å². The van der Waals surface area contributed by atoms with E-state index in [1.54, 1.807) is 44.6 Å². The molecule has 9 atom stereocenters. The minimum atomic E-state index is -4.31. The number of methoxy groups -OCH3 is 2. The maximum atomic E-state index is 13.7. The number of ether oxygens (including phenoxy) is 3. The van der Waals surface area contributed by atoms with Gasteiger partial charge in [0.1, 0.15) is 17.5 Å². The highest BCUT2D eigenvalue weighted by molar-refractivity contribution is 7.88. The van der Waals surface area contributed by atoms with Crippen LogP contribution in [0.3, 0.4) is 0 Å². The summed E-state index contributed by atoms with van der Waals surface area (Å²) in [4.78, 5) is 13.7. The number of esters is 1. The van der Waals surface area contributed by atoms with Crippen molar-refractivity contribution in [2.45, 2.75) is 103 Å². The third kappa shape index (κ3) is 7.34. The summed E-state index contributed by atoms with van der Waals surface area (Å²) in [6.45, 7) is 12.3. The Labute approximate surface area is 280 Å². The van der Waals surface area contributed by atoms with Crippen LogP contribution in [0.15, 0.2) is 54.6 Å². The molecule has 2 aromatic rings. The smallest absolute Gasteiger partial charge is 0.407 e. The fourth-order valence-corrected chi connectivity index (χ4v) is 9.12. The van der Waals surface area contributed by atoms with Crippen LogP contribution in [0.1, 0.15) is 84.0 Å². The lowest BCUT2D eigenvalue weighted by molar-refractivity contribution is -0.260. The first kappa shape index (κ1) is 37.1. The standard InChI is InChI=1S/C36H53NO9S/c1-9-23(2)34(5,6)29(19-20-35(39)22-31(43-7)28-21-24(3)36(35,40)32(28)44-8)25(4)45-33(38)27-17-13-14-18-30(27)37-47(41,42)46-26-15-11-10-12-16-26/h10-18,23-25,28-29,31-32,37,39-40H,9,19-22H2,1-8H3/t23-,24?,25-,28?,29?,31-,32-,35+,36-/m0/s1. The number of nitrogens with one attached hydrogen (secondary N) is 1. The van der Waals surface area contributed by atoms with E-state index in [1.165, 1.54) is 24.3 Å². The van der Waals surface area contributed by atoms with Crippen molar-refractivity contribution in [3.05, 3.63) is 60.2 Å². The second kappa shape index (κ2) is 14.4. The molecule has 2 saturated carbocycles. The van der Waals surface area contributed by atoms with E-state index in [-0.39, 0.29) is 65.0 Å². The number of benzene rings is 2. The molecule has 3 unspecified atom stereocenters. The molecular weight excluding hydrogens is 622 g/mol. The molecule has 0 heterocycles. The molecule has 11 heteroatoms. The van der Waals surface area contributed by atoms with Gasteiger partial charge in [-0.3, -0.25) is 4.72 Å². The van der Waals surface area contributed by atoms with Crippen LogP contribution in [0.4, 0.5) is 5.69 Å². The molecule has 2 bridgehead atoms. The molecule has 0 saturated heterocycles. The molecule has 10 nitrogen and oxygen atoms in total. The lowest BCUT2D eigenvalue weighted by atomic mass is 9.61. The number of hydrogen-bond donors (Lipinski definition) is 3. The van der Waals surface area contributed by atoms with Crippen LogP contribution in [-0.4, -0.2) is 68.3 Å². The van der Waals surface area contributed by atoms with Gasteiger partial charge < -0.3 is 28.6 Å². The van der Waals surface area contributed by atoms with Gasteiger partial charge in [0.15, 0.2) is 0 Å².